The minimum Gasteiger partial charge on any atom is -0.476 e. The fourth-order valence-corrected chi connectivity index (χ4v) is 18.1. The molecule has 10 aliphatic rings. The zero-order chi connectivity index (χ0) is 71.8. The average molecular weight is 1420 g/mol. The molecule has 30 heteroatoms. The van der Waals surface area contributed by atoms with E-state index in [0.717, 1.165) is 28.9 Å². The molecular formula is C71H83N13O15S2. The van der Waals surface area contributed by atoms with Crippen molar-refractivity contribution in [3.8, 4) is 11.1 Å². The number of aromatic nitrogens is 4. The Kier molecular flexibility index (Phi) is 20.3. The van der Waals surface area contributed by atoms with Gasteiger partial charge in [0, 0.05) is 98.4 Å². The fourth-order valence-electron chi connectivity index (χ4n) is 16.8. The Bertz CT molecular complexity index is 4380. The Morgan fingerprint density at radius 1 is 0.851 bits per heavy atom. The molecule has 8 atom stereocenters. The Balaban J connectivity index is 0.920. The number of carbonyl (C=O) groups excluding carboxylic acids is 8. The van der Waals surface area contributed by atoms with Crippen molar-refractivity contribution in [2.24, 2.45) is 27.9 Å². The van der Waals surface area contributed by atoms with Gasteiger partial charge in [0.25, 0.3) is 27.8 Å². The number of unbranched alkanes of at least 4 members (excludes halogenated alkanes) is 2. The number of nitrogens with two attached hydrogens (primary N) is 1. The molecule has 101 heavy (non-hydrogen) atoms. The number of thiazole rings is 1. The smallest absolute Gasteiger partial charge is 0.410 e. The molecule has 9 N–H and O–H groups in total. The quantitative estimate of drug-likeness (QED) is 0.0246. The van der Waals surface area contributed by atoms with Gasteiger partial charge >= 0.3 is 18.1 Å². The predicted molar refractivity (Wildman–Crippen MR) is 373 cm³/mol. The van der Waals surface area contributed by atoms with Crippen molar-refractivity contribution in [3.05, 3.63) is 131 Å². The second kappa shape index (κ2) is 28.8. The van der Waals surface area contributed by atoms with E-state index in [0.29, 0.717) is 82.8 Å². The summed E-state index contributed by atoms with van der Waals surface area (Å²) in [5.41, 5.74) is 8.26. The molecule has 4 saturated carbocycles. The number of ether oxygens (including phenoxy) is 2. The summed E-state index contributed by atoms with van der Waals surface area (Å²) in [4.78, 5) is 137. The van der Waals surface area contributed by atoms with Crippen LogP contribution in [0.2, 0.25) is 0 Å². The van der Waals surface area contributed by atoms with Gasteiger partial charge in [-0.15, -0.1) is 0 Å². The lowest BCUT2D eigenvalue weighted by Crippen LogP contribution is -2.56. The van der Waals surface area contributed by atoms with E-state index in [2.05, 4.69) is 45.4 Å². The summed E-state index contributed by atoms with van der Waals surface area (Å²) in [6.07, 6.45) is 8.22. The number of pyridine rings is 1. The third-order valence-electron chi connectivity index (χ3n) is 21.2. The van der Waals surface area contributed by atoms with Crippen LogP contribution in [-0.4, -0.2) is 164 Å². The monoisotopic (exact) mass is 1420 g/mol. The van der Waals surface area contributed by atoms with Crippen LogP contribution in [0.3, 0.4) is 0 Å². The zero-order valence-electron chi connectivity index (χ0n) is 56.6. The summed E-state index contributed by atoms with van der Waals surface area (Å²) in [6, 6.07) is 18.8. The molecule has 4 fully saturated rings. The van der Waals surface area contributed by atoms with Gasteiger partial charge in [0.05, 0.1) is 34.4 Å². The van der Waals surface area contributed by atoms with Crippen molar-refractivity contribution in [1.29, 1.82) is 0 Å². The summed E-state index contributed by atoms with van der Waals surface area (Å²) < 4.78 is 49.4. The van der Waals surface area contributed by atoms with Crippen molar-refractivity contribution < 1.29 is 70.7 Å². The van der Waals surface area contributed by atoms with Gasteiger partial charge in [-0.25, -0.2) is 24.4 Å². The lowest BCUT2D eigenvalue weighted by molar-refractivity contribution is -0.137. The first-order valence-corrected chi connectivity index (χ1v) is 36.4. The zero-order valence-corrected chi connectivity index (χ0v) is 58.3. The van der Waals surface area contributed by atoms with E-state index < -0.39 is 105 Å². The number of rotatable bonds is 17. The second-order valence-corrected chi connectivity index (χ2v) is 31.0. The number of imide groups is 1. The van der Waals surface area contributed by atoms with Crippen LogP contribution in [0.25, 0.3) is 21.3 Å². The number of hydrogen-bond donors (Lipinski definition) is 8. The van der Waals surface area contributed by atoms with Crippen molar-refractivity contribution in [2.75, 3.05) is 60.6 Å². The number of para-hydroxylation sites is 1. The van der Waals surface area contributed by atoms with Crippen LogP contribution < -0.4 is 37.2 Å². The number of urea groups is 1. The minimum atomic E-state index is -4.51. The van der Waals surface area contributed by atoms with Gasteiger partial charge in [0.2, 0.25) is 17.7 Å². The Morgan fingerprint density at radius 3 is 2.37 bits per heavy atom. The van der Waals surface area contributed by atoms with E-state index in [-0.39, 0.29) is 104 Å². The molecule has 9 amide bonds. The fraction of sp³-hybridized carbons (Fsp3) is 0.465. The summed E-state index contributed by atoms with van der Waals surface area (Å²) in [6.45, 7) is 8.25. The van der Waals surface area contributed by atoms with E-state index >= 15 is 4.79 Å². The minimum absolute atomic E-state index is 0.0155. The molecular weight excluding hydrogens is 1340 g/mol. The SMILES string of the molecule is Cc1c2cnn1CC13CC4(C)CC(CC1(C)C4)(C3)OCCN(CCS(=O)(=O)O)C(=O)OCc1ccc(cc1)NC(=O)[C@H](CCCNC(N)=O)NC(=O)[C@@H](NC(=O)CCCCCN1C(=O)C=CC1=O)C(C)C1CN(Cc3c(C(=O)Nc4nc5ccccc5s4)cccc31)c1ccc-2c(C(=O)O)n1. The maximum absolute atomic E-state index is 15.5. The standard InChI is InChI=1S/C71H83N13O15S2/c1-42-50-33-82(34-51-46(50)12-10-13-48(51)61(88)80-66-77-52-14-7-8-16-54(52)100-66)55-23-22-47(60(78-55)64(91)92)49-32-74-84(43(49)2)41-70-37-68(3)36-69(70,4)39-71(38-68,40-70)99-30-28-81(29-31-101(95,96)97)67(94)98-35-44-18-20-45(21-19-44)75-62(89)53(15-11-26-73-65(72)93)76-63(90)59(42)79-56(85)17-6-5-9-27-83-57(86)24-25-58(83)87/h7-8,10,12-14,16,18-25,32,42,50,53,59H,5-6,9,11,15,17,26-31,33-41H2,1-4H3,(H,75,89)(H,76,90)(H,79,85)(H,91,92)(H3,72,73,93)(H,77,80,88)(H,95,96,97)/t42?,50?,53-,59-,68?,69?,70?,71?/m0/s1. The van der Waals surface area contributed by atoms with Crippen LogP contribution in [0.4, 0.5) is 26.2 Å². The van der Waals surface area contributed by atoms with Crippen molar-refractivity contribution >= 4 is 102 Å². The highest BCUT2D eigenvalue weighted by Crippen LogP contribution is 2.78. The lowest BCUT2D eigenvalue weighted by atomic mass is 9.65. The van der Waals surface area contributed by atoms with Gasteiger partial charge in [-0.3, -0.25) is 48.2 Å². The summed E-state index contributed by atoms with van der Waals surface area (Å²) in [5, 5.41) is 30.7. The summed E-state index contributed by atoms with van der Waals surface area (Å²) in [7, 11) is -4.51. The predicted octanol–water partition coefficient (Wildman–Crippen LogP) is 7.68. The van der Waals surface area contributed by atoms with E-state index in [1.807, 2.05) is 46.8 Å². The van der Waals surface area contributed by atoms with Crippen molar-refractivity contribution in [1.82, 2.24) is 45.5 Å². The number of nitrogens with one attached hydrogen (secondary N) is 5. The maximum atomic E-state index is 15.5. The van der Waals surface area contributed by atoms with E-state index in [4.69, 9.17) is 25.3 Å². The molecule has 28 nitrogen and oxygen atoms in total. The van der Waals surface area contributed by atoms with Gasteiger partial charge in [-0.2, -0.15) is 13.5 Å². The first-order chi connectivity index (χ1) is 48.1. The molecule has 534 valence electrons. The number of aromatic carboxylic acids is 1. The Morgan fingerprint density at radius 2 is 1.62 bits per heavy atom. The van der Waals surface area contributed by atoms with E-state index in [9.17, 15) is 56.4 Å². The molecule has 0 radical (unpaired) electrons. The number of primary amides is 1. The number of hydrogen-bond acceptors (Lipinski definition) is 18. The third kappa shape index (κ3) is 15.5. The molecule has 6 aromatic rings. The van der Waals surface area contributed by atoms with Crippen LogP contribution in [0.1, 0.15) is 141 Å². The first kappa shape index (κ1) is 71.2. The highest BCUT2D eigenvalue weighted by atomic mass is 32.2. The second-order valence-electron chi connectivity index (χ2n) is 28.4. The average Bonchev–Trinajstić information content (AvgIpc) is 1.50. The molecule has 12 bridgehead atoms. The molecule has 16 rings (SSSR count). The highest BCUT2D eigenvalue weighted by molar-refractivity contribution is 7.85. The molecule has 2 spiro atoms. The number of fused-ring (bicyclic) bond motifs is 2. The number of amides is 9. The summed E-state index contributed by atoms with van der Waals surface area (Å²) in [5.74, 6) is -6.86. The molecule has 6 aliphatic heterocycles. The van der Waals surface area contributed by atoms with Crippen molar-refractivity contribution in [2.45, 2.75) is 142 Å². The third-order valence-corrected chi connectivity index (χ3v) is 22.8. The molecule has 6 unspecified atom stereocenters. The topological polar surface area (TPSA) is 386 Å². The van der Waals surface area contributed by atoms with E-state index in [1.165, 1.54) is 28.4 Å². The number of carboxylic acids is 1. The lowest BCUT2D eigenvalue weighted by Gasteiger charge is -2.46. The number of nitrogens with zero attached hydrogens (tertiary/aromatic N) is 7. The van der Waals surface area contributed by atoms with Gasteiger partial charge in [0.1, 0.15) is 24.5 Å². The van der Waals surface area contributed by atoms with Crippen LogP contribution in [0, 0.1) is 29.1 Å². The highest BCUT2D eigenvalue weighted by Gasteiger charge is 2.74. The number of anilines is 3. The molecule has 0 saturated heterocycles. The maximum Gasteiger partial charge on any atom is 0.410 e. The largest absolute Gasteiger partial charge is 0.476 e. The van der Waals surface area contributed by atoms with Crippen molar-refractivity contribution in [3.63, 3.8) is 0 Å². The van der Waals surface area contributed by atoms with Crippen LogP contribution in [0.5, 0.6) is 0 Å². The van der Waals surface area contributed by atoms with Crippen LogP contribution in [0.15, 0.2) is 97.2 Å². The van der Waals surface area contributed by atoms with E-state index in [1.54, 1.807) is 61.7 Å². The number of carbonyl (C=O) groups is 9. The van der Waals surface area contributed by atoms with Gasteiger partial charge in [0.15, 0.2) is 10.8 Å². The Labute approximate surface area is 587 Å². The molecule has 3 aromatic carbocycles. The number of benzene rings is 3. The van der Waals surface area contributed by atoms with Gasteiger partial charge in [-0.1, -0.05) is 74.9 Å². The van der Waals surface area contributed by atoms with Crippen LogP contribution >= 0.6 is 11.3 Å². The van der Waals surface area contributed by atoms with Crippen LogP contribution in [-0.2, 0) is 63.3 Å². The van der Waals surface area contributed by atoms with Gasteiger partial charge < -0.3 is 51.4 Å². The molecule has 3 aromatic heterocycles. The molecule has 9 heterocycles. The number of carboxylic acid groups (broad SMARTS) is 1. The Hall–Kier alpha value is -9.65. The van der Waals surface area contributed by atoms with Gasteiger partial charge in [-0.05, 0) is 146 Å². The molecule has 4 aliphatic carbocycles. The normalized spacial score (nSPS) is 25.3. The summed E-state index contributed by atoms with van der Waals surface area (Å²) >= 11 is 1.29. The first-order valence-electron chi connectivity index (χ1n) is 34.0.